The van der Waals surface area contributed by atoms with Gasteiger partial charge in [0.15, 0.2) is 0 Å². The number of rotatable bonds is 5. The van der Waals surface area contributed by atoms with E-state index in [4.69, 9.17) is 5.11 Å². The first-order chi connectivity index (χ1) is 10.1. The normalized spacial score (nSPS) is 16.9. The summed E-state index contributed by atoms with van der Waals surface area (Å²) in [6.45, 7) is 4.83. The van der Waals surface area contributed by atoms with Gasteiger partial charge in [-0.1, -0.05) is 6.07 Å². The summed E-state index contributed by atoms with van der Waals surface area (Å²) in [4.78, 5) is 15.7. The van der Waals surface area contributed by atoms with E-state index >= 15 is 0 Å². The first-order valence-electron chi connectivity index (χ1n) is 7.06. The first kappa shape index (κ1) is 15.9. The van der Waals surface area contributed by atoms with Crippen molar-refractivity contribution in [1.82, 2.24) is 9.80 Å². The first-order valence-corrected chi connectivity index (χ1v) is 7.06. The second-order valence-electron chi connectivity index (χ2n) is 5.14. The van der Waals surface area contributed by atoms with Gasteiger partial charge in [-0.15, -0.1) is 0 Å². The van der Waals surface area contributed by atoms with Crippen LogP contribution in [-0.2, 0) is 11.3 Å². The molecule has 1 heterocycles. The molecule has 0 spiro atoms. The molecule has 0 amide bonds. The molecule has 1 saturated heterocycles. The number of carbonyl (C=O) groups is 1. The number of benzene rings is 1. The lowest BCUT2D eigenvalue weighted by Gasteiger charge is -2.34. The van der Waals surface area contributed by atoms with E-state index in [0.717, 1.165) is 26.2 Å². The van der Waals surface area contributed by atoms with E-state index in [1.807, 2.05) is 0 Å². The summed E-state index contributed by atoms with van der Waals surface area (Å²) in [6.07, 6.45) is 0. The Kier molecular flexibility index (Phi) is 5.67. The number of piperazine rings is 1. The zero-order valence-corrected chi connectivity index (χ0v) is 12.2. The molecular formula is C15H21FN2O3. The highest BCUT2D eigenvalue weighted by Crippen LogP contribution is 2.15. The highest BCUT2D eigenvalue weighted by atomic mass is 19.1. The van der Waals surface area contributed by atoms with Crippen molar-refractivity contribution in [2.75, 3.05) is 46.4 Å². The lowest BCUT2D eigenvalue weighted by atomic mass is 10.1. The molecule has 0 aromatic heterocycles. The second-order valence-corrected chi connectivity index (χ2v) is 5.14. The zero-order chi connectivity index (χ0) is 15.2. The molecule has 0 saturated carbocycles. The molecule has 0 radical (unpaired) electrons. The van der Waals surface area contributed by atoms with Crippen molar-refractivity contribution in [3.8, 4) is 0 Å². The van der Waals surface area contributed by atoms with Gasteiger partial charge in [0, 0.05) is 44.8 Å². The van der Waals surface area contributed by atoms with Crippen LogP contribution in [0.3, 0.4) is 0 Å². The average molecular weight is 296 g/mol. The van der Waals surface area contributed by atoms with Crippen LogP contribution in [0.4, 0.5) is 4.39 Å². The number of hydrogen-bond acceptors (Lipinski definition) is 5. The van der Waals surface area contributed by atoms with Crippen LogP contribution in [0.15, 0.2) is 18.2 Å². The molecule has 0 atom stereocenters. The lowest BCUT2D eigenvalue weighted by molar-refractivity contribution is 0.0600. The molecule has 1 aromatic carbocycles. The number of ether oxygens (including phenoxy) is 1. The van der Waals surface area contributed by atoms with Crippen molar-refractivity contribution in [3.05, 3.63) is 35.1 Å². The monoisotopic (exact) mass is 296 g/mol. The van der Waals surface area contributed by atoms with Crippen LogP contribution in [0.25, 0.3) is 0 Å². The van der Waals surface area contributed by atoms with Gasteiger partial charge in [-0.3, -0.25) is 9.80 Å². The fraction of sp³-hybridized carbons (Fsp3) is 0.533. The number of esters is 1. The Labute approximate surface area is 123 Å². The fourth-order valence-electron chi connectivity index (χ4n) is 2.47. The Morgan fingerprint density at radius 1 is 1.29 bits per heavy atom. The molecule has 1 N–H and O–H groups in total. The Bertz CT molecular complexity index is 488. The molecule has 21 heavy (non-hydrogen) atoms. The highest BCUT2D eigenvalue weighted by Gasteiger charge is 2.18. The van der Waals surface area contributed by atoms with E-state index in [0.29, 0.717) is 18.7 Å². The van der Waals surface area contributed by atoms with Gasteiger partial charge >= 0.3 is 5.97 Å². The molecule has 0 bridgehead atoms. The minimum Gasteiger partial charge on any atom is -0.465 e. The number of carbonyl (C=O) groups excluding carboxylic acids is 1. The molecule has 1 fully saturated rings. The van der Waals surface area contributed by atoms with Crippen LogP contribution >= 0.6 is 0 Å². The lowest BCUT2D eigenvalue weighted by Crippen LogP contribution is -2.46. The number of hydrogen-bond donors (Lipinski definition) is 1. The summed E-state index contributed by atoms with van der Waals surface area (Å²) < 4.78 is 18.6. The molecule has 116 valence electrons. The topological polar surface area (TPSA) is 53.0 Å². The summed E-state index contributed by atoms with van der Waals surface area (Å²) in [6, 6.07) is 4.46. The van der Waals surface area contributed by atoms with Gasteiger partial charge < -0.3 is 9.84 Å². The van der Waals surface area contributed by atoms with Gasteiger partial charge in [0.2, 0.25) is 0 Å². The molecule has 0 unspecified atom stereocenters. The third-order valence-electron chi connectivity index (χ3n) is 3.75. The standard InChI is InChI=1S/C15H21FN2O3/c1-21-15(20)12-2-3-13(14(16)10-12)11-18-6-4-17(5-7-18)8-9-19/h2-3,10,19H,4-9,11H2,1H3. The van der Waals surface area contributed by atoms with Crippen molar-refractivity contribution in [1.29, 1.82) is 0 Å². The highest BCUT2D eigenvalue weighted by molar-refractivity contribution is 5.89. The van der Waals surface area contributed by atoms with Crippen LogP contribution in [0, 0.1) is 5.82 Å². The third kappa shape index (κ3) is 4.23. The Morgan fingerprint density at radius 3 is 2.52 bits per heavy atom. The predicted molar refractivity (Wildman–Crippen MR) is 76.5 cm³/mol. The number of β-amino-alcohol motifs (C(OH)–C–C–N with tert-alkyl or cyclic N) is 1. The Hall–Kier alpha value is -1.50. The van der Waals surface area contributed by atoms with Crippen molar-refractivity contribution in [2.24, 2.45) is 0 Å². The van der Waals surface area contributed by atoms with Gasteiger partial charge in [0.25, 0.3) is 0 Å². The third-order valence-corrected chi connectivity index (χ3v) is 3.75. The van der Waals surface area contributed by atoms with E-state index < -0.39 is 5.97 Å². The summed E-state index contributed by atoms with van der Waals surface area (Å²) >= 11 is 0. The number of nitrogens with zero attached hydrogens (tertiary/aromatic N) is 2. The molecule has 1 aliphatic rings. The maximum Gasteiger partial charge on any atom is 0.337 e. The SMILES string of the molecule is COC(=O)c1ccc(CN2CCN(CCO)CC2)c(F)c1. The largest absolute Gasteiger partial charge is 0.465 e. The maximum atomic E-state index is 14.0. The average Bonchev–Trinajstić information content (AvgIpc) is 2.50. The molecule has 6 heteroatoms. The minimum atomic E-state index is -0.530. The summed E-state index contributed by atoms with van der Waals surface area (Å²) in [5.74, 6) is -0.909. The molecule has 1 aliphatic heterocycles. The molecular weight excluding hydrogens is 275 g/mol. The minimum absolute atomic E-state index is 0.170. The van der Waals surface area contributed by atoms with Crippen LogP contribution in [-0.4, -0.2) is 67.3 Å². The van der Waals surface area contributed by atoms with E-state index in [2.05, 4.69) is 14.5 Å². The molecule has 1 aromatic rings. The van der Waals surface area contributed by atoms with Crippen molar-refractivity contribution in [2.45, 2.75) is 6.54 Å². The fourth-order valence-corrected chi connectivity index (χ4v) is 2.47. The van der Waals surface area contributed by atoms with Gasteiger partial charge in [0.1, 0.15) is 5.82 Å². The Morgan fingerprint density at radius 2 is 1.95 bits per heavy atom. The molecule has 5 nitrogen and oxygen atoms in total. The van der Waals surface area contributed by atoms with Crippen LogP contribution in [0.2, 0.25) is 0 Å². The number of aliphatic hydroxyl groups is 1. The number of halogens is 1. The van der Waals surface area contributed by atoms with Crippen molar-refractivity contribution < 1.29 is 19.0 Å². The predicted octanol–water partition coefficient (Wildman–Crippen LogP) is 0.722. The van der Waals surface area contributed by atoms with E-state index in [-0.39, 0.29) is 18.0 Å². The van der Waals surface area contributed by atoms with E-state index in [9.17, 15) is 9.18 Å². The quantitative estimate of drug-likeness (QED) is 0.812. The summed E-state index contributed by atoms with van der Waals surface area (Å²) in [5, 5.41) is 8.90. The van der Waals surface area contributed by atoms with Crippen LogP contribution in [0.1, 0.15) is 15.9 Å². The van der Waals surface area contributed by atoms with Gasteiger partial charge in [-0.05, 0) is 12.1 Å². The van der Waals surface area contributed by atoms with E-state index in [1.54, 1.807) is 12.1 Å². The van der Waals surface area contributed by atoms with Crippen LogP contribution < -0.4 is 0 Å². The van der Waals surface area contributed by atoms with Crippen molar-refractivity contribution in [3.63, 3.8) is 0 Å². The van der Waals surface area contributed by atoms with Crippen molar-refractivity contribution >= 4 is 5.97 Å². The van der Waals surface area contributed by atoms with Gasteiger partial charge in [0.05, 0.1) is 19.3 Å². The van der Waals surface area contributed by atoms with E-state index in [1.165, 1.54) is 13.2 Å². The maximum absolute atomic E-state index is 14.0. The Balaban J connectivity index is 1.93. The van der Waals surface area contributed by atoms with Crippen LogP contribution in [0.5, 0.6) is 0 Å². The van der Waals surface area contributed by atoms with Gasteiger partial charge in [-0.25, -0.2) is 9.18 Å². The van der Waals surface area contributed by atoms with Gasteiger partial charge in [-0.2, -0.15) is 0 Å². The second kappa shape index (κ2) is 7.49. The molecule has 2 rings (SSSR count). The summed E-state index contributed by atoms with van der Waals surface area (Å²) in [5.41, 5.74) is 0.810. The zero-order valence-electron chi connectivity index (χ0n) is 12.2. The summed E-state index contributed by atoms with van der Waals surface area (Å²) in [7, 11) is 1.28. The number of methoxy groups -OCH3 is 1. The smallest absolute Gasteiger partial charge is 0.337 e. The number of aliphatic hydroxyl groups excluding tert-OH is 1. The molecule has 0 aliphatic carbocycles.